The van der Waals surface area contributed by atoms with Gasteiger partial charge in [-0.25, -0.2) is 4.79 Å². The van der Waals surface area contributed by atoms with E-state index in [4.69, 9.17) is 17.0 Å². The Bertz CT molecular complexity index is 528. The fourth-order valence-corrected chi connectivity index (χ4v) is 2.24. The molecule has 2 rings (SSSR count). The van der Waals surface area contributed by atoms with Crippen molar-refractivity contribution in [3.05, 3.63) is 41.4 Å². The van der Waals surface area contributed by atoms with Crippen LogP contribution in [0.5, 0.6) is 0 Å². The molecule has 0 spiro atoms. The van der Waals surface area contributed by atoms with Gasteiger partial charge in [-0.15, -0.1) is 0 Å². The second-order valence-corrected chi connectivity index (χ2v) is 4.49. The summed E-state index contributed by atoms with van der Waals surface area (Å²) < 4.78 is 5.10. The molecule has 1 aliphatic heterocycles. The van der Waals surface area contributed by atoms with Crippen LogP contribution >= 0.6 is 12.2 Å². The Morgan fingerprint density at radius 3 is 3.00 bits per heavy atom. The molecular formula is C13H15N3O2S. The van der Waals surface area contributed by atoms with Gasteiger partial charge in [-0.3, -0.25) is 4.98 Å². The molecule has 2 heterocycles. The maximum Gasteiger partial charge on any atom is 0.338 e. The van der Waals surface area contributed by atoms with Crippen LogP contribution in [0.25, 0.3) is 0 Å². The van der Waals surface area contributed by atoms with Crippen molar-refractivity contribution < 1.29 is 9.53 Å². The van der Waals surface area contributed by atoms with Crippen molar-refractivity contribution in [2.24, 2.45) is 0 Å². The highest BCUT2D eigenvalue weighted by molar-refractivity contribution is 7.80. The zero-order valence-corrected chi connectivity index (χ0v) is 11.6. The highest BCUT2D eigenvalue weighted by atomic mass is 32.1. The van der Waals surface area contributed by atoms with Crippen LogP contribution in [0.4, 0.5) is 0 Å². The lowest BCUT2D eigenvalue weighted by atomic mass is 9.97. The van der Waals surface area contributed by atoms with Crippen molar-refractivity contribution in [2.75, 3.05) is 6.61 Å². The number of carbonyl (C=O) groups excluding carboxylic acids is 1. The Balaban J connectivity index is 2.41. The van der Waals surface area contributed by atoms with Crippen molar-refractivity contribution in [3.63, 3.8) is 0 Å². The van der Waals surface area contributed by atoms with E-state index in [1.54, 1.807) is 19.3 Å². The minimum absolute atomic E-state index is 0.332. The van der Waals surface area contributed by atoms with Crippen molar-refractivity contribution >= 4 is 23.3 Å². The molecule has 0 bridgehead atoms. The van der Waals surface area contributed by atoms with Crippen molar-refractivity contribution in [2.45, 2.75) is 19.9 Å². The van der Waals surface area contributed by atoms with E-state index in [0.29, 0.717) is 23.0 Å². The SMILES string of the molecule is CCOC(=O)C1=C(C)NC(=S)N[C@H]1c1cccnc1. The van der Waals surface area contributed by atoms with E-state index in [1.165, 1.54) is 0 Å². The summed E-state index contributed by atoms with van der Waals surface area (Å²) in [4.78, 5) is 16.1. The summed E-state index contributed by atoms with van der Waals surface area (Å²) in [6.45, 7) is 3.92. The van der Waals surface area contributed by atoms with E-state index in [9.17, 15) is 4.79 Å². The second-order valence-electron chi connectivity index (χ2n) is 4.08. The summed E-state index contributed by atoms with van der Waals surface area (Å²) in [5.41, 5.74) is 2.10. The van der Waals surface area contributed by atoms with E-state index in [-0.39, 0.29) is 12.0 Å². The maximum atomic E-state index is 12.1. The van der Waals surface area contributed by atoms with Crippen molar-refractivity contribution in [3.8, 4) is 0 Å². The summed E-state index contributed by atoms with van der Waals surface area (Å²) >= 11 is 5.14. The van der Waals surface area contributed by atoms with E-state index >= 15 is 0 Å². The van der Waals surface area contributed by atoms with Gasteiger partial charge in [0.05, 0.1) is 18.2 Å². The molecule has 100 valence electrons. The summed E-state index contributed by atoms with van der Waals surface area (Å²) in [6.07, 6.45) is 3.39. The van der Waals surface area contributed by atoms with E-state index in [1.807, 2.05) is 19.1 Å². The van der Waals surface area contributed by atoms with Crippen LogP contribution in [-0.2, 0) is 9.53 Å². The molecule has 2 N–H and O–H groups in total. The van der Waals surface area contributed by atoms with Gasteiger partial charge in [0, 0.05) is 18.1 Å². The highest BCUT2D eigenvalue weighted by Gasteiger charge is 2.30. The second kappa shape index (κ2) is 5.79. The predicted molar refractivity (Wildman–Crippen MR) is 75.2 cm³/mol. The molecule has 5 nitrogen and oxygen atoms in total. The molecule has 0 aromatic carbocycles. The number of pyridine rings is 1. The molecule has 0 fully saturated rings. The molecule has 1 aromatic rings. The third-order valence-corrected chi connectivity index (χ3v) is 3.00. The smallest absolute Gasteiger partial charge is 0.338 e. The van der Waals surface area contributed by atoms with Crippen molar-refractivity contribution in [1.82, 2.24) is 15.6 Å². The Morgan fingerprint density at radius 1 is 1.58 bits per heavy atom. The molecule has 0 radical (unpaired) electrons. The molecule has 19 heavy (non-hydrogen) atoms. The Labute approximate surface area is 117 Å². The first-order valence-electron chi connectivity index (χ1n) is 5.98. The van der Waals surface area contributed by atoms with Crippen molar-refractivity contribution in [1.29, 1.82) is 0 Å². The Kier molecular flexibility index (Phi) is 4.11. The molecule has 1 atom stereocenters. The number of ether oxygens (including phenoxy) is 1. The Hall–Kier alpha value is -1.95. The van der Waals surface area contributed by atoms with Gasteiger partial charge >= 0.3 is 5.97 Å². The van der Waals surface area contributed by atoms with Gasteiger partial charge in [0.2, 0.25) is 0 Å². The molecule has 0 saturated heterocycles. The molecule has 0 saturated carbocycles. The zero-order valence-electron chi connectivity index (χ0n) is 10.8. The minimum Gasteiger partial charge on any atom is -0.463 e. The fraction of sp³-hybridized carbons (Fsp3) is 0.308. The lowest BCUT2D eigenvalue weighted by Gasteiger charge is -2.29. The number of hydrogen-bond acceptors (Lipinski definition) is 4. The number of aromatic nitrogens is 1. The van der Waals surface area contributed by atoms with Gasteiger partial charge in [0.1, 0.15) is 0 Å². The standard InChI is InChI=1S/C13H15N3O2S/c1-3-18-12(17)10-8(2)15-13(19)16-11(10)9-5-4-6-14-7-9/h4-7,11H,3H2,1-2H3,(H2,15,16,19)/t11-/m0/s1. The van der Waals surface area contributed by atoms with Crippen LogP contribution in [0.2, 0.25) is 0 Å². The van der Waals surface area contributed by atoms with E-state index in [0.717, 1.165) is 5.56 Å². The number of hydrogen-bond donors (Lipinski definition) is 2. The van der Waals surface area contributed by atoms with Crippen LogP contribution in [0.3, 0.4) is 0 Å². The van der Waals surface area contributed by atoms with Gasteiger partial charge < -0.3 is 15.4 Å². The first-order chi connectivity index (χ1) is 9.13. The molecule has 0 unspecified atom stereocenters. The number of nitrogens with zero attached hydrogens (tertiary/aromatic N) is 1. The lowest BCUT2D eigenvalue weighted by molar-refractivity contribution is -0.139. The van der Waals surface area contributed by atoms with Crippen LogP contribution in [0.1, 0.15) is 25.5 Å². The quantitative estimate of drug-likeness (QED) is 0.644. The highest BCUT2D eigenvalue weighted by Crippen LogP contribution is 2.26. The first kappa shape index (κ1) is 13.5. The first-order valence-corrected chi connectivity index (χ1v) is 6.39. The molecule has 6 heteroatoms. The monoisotopic (exact) mass is 277 g/mol. The average Bonchev–Trinajstić information content (AvgIpc) is 2.39. The number of allylic oxidation sites excluding steroid dienone is 1. The third-order valence-electron chi connectivity index (χ3n) is 2.78. The van der Waals surface area contributed by atoms with Crippen LogP contribution in [0, 0.1) is 0 Å². The van der Waals surface area contributed by atoms with Crippen LogP contribution in [-0.4, -0.2) is 22.7 Å². The molecule has 0 amide bonds. The third kappa shape index (κ3) is 2.90. The van der Waals surface area contributed by atoms with Crippen LogP contribution in [0.15, 0.2) is 35.8 Å². The maximum absolute atomic E-state index is 12.1. The normalized spacial score (nSPS) is 18.6. The largest absolute Gasteiger partial charge is 0.463 e. The minimum atomic E-state index is -0.351. The molecule has 0 aliphatic carbocycles. The molecule has 1 aliphatic rings. The summed E-state index contributed by atoms with van der Waals surface area (Å²) in [7, 11) is 0. The predicted octanol–water partition coefficient (Wildman–Crippen LogP) is 1.44. The summed E-state index contributed by atoms with van der Waals surface area (Å²) in [5, 5.41) is 6.51. The number of nitrogens with one attached hydrogen (secondary N) is 2. The number of thiocarbonyl (C=S) groups is 1. The van der Waals surface area contributed by atoms with E-state index in [2.05, 4.69) is 15.6 Å². The van der Waals surface area contributed by atoms with Gasteiger partial charge in [-0.2, -0.15) is 0 Å². The molecule has 1 aromatic heterocycles. The van der Waals surface area contributed by atoms with E-state index < -0.39 is 0 Å². The number of carbonyl (C=O) groups is 1. The number of rotatable bonds is 3. The topological polar surface area (TPSA) is 63.2 Å². The summed E-state index contributed by atoms with van der Waals surface area (Å²) in [5.74, 6) is -0.351. The molecular weight excluding hydrogens is 262 g/mol. The van der Waals surface area contributed by atoms with Gasteiger partial charge in [-0.05, 0) is 37.7 Å². The Morgan fingerprint density at radius 2 is 2.37 bits per heavy atom. The average molecular weight is 277 g/mol. The van der Waals surface area contributed by atoms with Gasteiger partial charge in [0.15, 0.2) is 5.11 Å². The summed E-state index contributed by atoms with van der Waals surface area (Å²) in [6, 6.07) is 3.38. The van der Waals surface area contributed by atoms with Gasteiger partial charge in [0.25, 0.3) is 0 Å². The lowest BCUT2D eigenvalue weighted by Crippen LogP contribution is -2.45. The van der Waals surface area contributed by atoms with Gasteiger partial charge in [-0.1, -0.05) is 6.07 Å². The zero-order chi connectivity index (χ0) is 13.8. The number of esters is 1. The fourth-order valence-electron chi connectivity index (χ4n) is 1.97. The van der Waals surface area contributed by atoms with Crippen LogP contribution < -0.4 is 10.6 Å².